The first-order valence-electron chi connectivity index (χ1n) is 5.93. The minimum absolute atomic E-state index is 0.172. The molecule has 6 nitrogen and oxygen atoms in total. The van der Waals surface area contributed by atoms with E-state index in [-0.39, 0.29) is 16.2 Å². The molecule has 0 atom stereocenters. The molecule has 1 aromatic heterocycles. The molecule has 0 bridgehead atoms. The number of halogens is 2. The molecule has 0 aliphatic carbocycles. The van der Waals surface area contributed by atoms with Gasteiger partial charge < -0.3 is 10.3 Å². The number of hydrogen-bond donors (Lipinski definition) is 2. The van der Waals surface area contributed by atoms with E-state index in [0.717, 1.165) is 0 Å². The predicted octanol–water partition coefficient (Wildman–Crippen LogP) is 1.21. The van der Waals surface area contributed by atoms with E-state index >= 15 is 0 Å². The Labute approximate surface area is 120 Å². The van der Waals surface area contributed by atoms with Gasteiger partial charge in [-0.3, -0.25) is 0 Å². The molecule has 21 heavy (non-hydrogen) atoms. The van der Waals surface area contributed by atoms with Crippen LogP contribution in [0.3, 0.4) is 0 Å². The molecule has 9 heteroatoms. The Morgan fingerprint density at radius 1 is 1.29 bits per heavy atom. The van der Waals surface area contributed by atoms with E-state index in [9.17, 15) is 17.2 Å². The average molecular weight is 317 g/mol. The maximum Gasteiger partial charge on any atom is 0.273 e. The van der Waals surface area contributed by atoms with Crippen LogP contribution < -0.4 is 10.5 Å². The number of rotatable bonds is 6. The fourth-order valence-corrected chi connectivity index (χ4v) is 2.88. The van der Waals surface area contributed by atoms with Gasteiger partial charge in [0.2, 0.25) is 10.0 Å². The average Bonchev–Trinajstić information content (AvgIpc) is 3.00. The molecule has 114 valence electrons. The van der Waals surface area contributed by atoms with Crippen molar-refractivity contribution in [3.8, 4) is 11.3 Å². The summed E-state index contributed by atoms with van der Waals surface area (Å²) in [5, 5.41) is 3.49. The van der Waals surface area contributed by atoms with Gasteiger partial charge in [-0.25, -0.2) is 21.9 Å². The van der Waals surface area contributed by atoms with Gasteiger partial charge in [0.1, 0.15) is 0 Å². The monoisotopic (exact) mass is 317 g/mol. The van der Waals surface area contributed by atoms with E-state index in [0.29, 0.717) is 0 Å². The zero-order chi connectivity index (χ0) is 15.5. The lowest BCUT2D eigenvalue weighted by atomic mass is 10.2. The summed E-state index contributed by atoms with van der Waals surface area (Å²) >= 11 is 0. The third-order valence-corrected chi connectivity index (χ3v) is 4.16. The molecule has 1 aromatic carbocycles. The van der Waals surface area contributed by atoms with Gasteiger partial charge in [-0.05, 0) is 12.1 Å². The van der Waals surface area contributed by atoms with Gasteiger partial charge in [-0.15, -0.1) is 0 Å². The van der Waals surface area contributed by atoms with Crippen LogP contribution in [0.1, 0.15) is 0 Å². The normalized spacial score (nSPS) is 12.5. The second-order valence-electron chi connectivity index (χ2n) is 4.26. The topological polar surface area (TPSA) is 98.2 Å². The smallest absolute Gasteiger partial charge is 0.273 e. The summed E-state index contributed by atoms with van der Waals surface area (Å²) in [7, 11) is -4.13. The molecule has 0 saturated carbocycles. The quantitative estimate of drug-likeness (QED) is 0.834. The van der Waals surface area contributed by atoms with Gasteiger partial charge in [0.25, 0.3) is 5.92 Å². The molecule has 0 radical (unpaired) electrons. The van der Waals surface area contributed by atoms with Gasteiger partial charge in [-0.1, -0.05) is 17.3 Å². The molecule has 2 rings (SSSR count). The second kappa shape index (κ2) is 5.88. The second-order valence-corrected chi connectivity index (χ2v) is 5.99. The van der Waals surface area contributed by atoms with Crippen molar-refractivity contribution in [1.82, 2.24) is 9.88 Å². The summed E-state index contributed by atoms with van der Waals surface area (Å²) in [6.45, 7) is -2.02. The molecule has 0 saturated heterocycles. The molecule has 0 amide bonds. The fourth-order valence-electron chi connectivity index (χ4n) is 1.61. The number of alkyl halides is 2. The van der Waals surface area contributed by atoms with Crippen LogP contribution in [0.4, 0.5) is 8.78 Å². The molecule has 0 fully saturated rings. The number of nitrogens with zero attached hydrogens (tertiary/aromatic N) is 1. The van der Waals surface area contributed by atoms with Crippen molar-refractivity contribution in [2.45, 2.75) is 10.8 Å². The first-order chi connectivity index (χ1) is 9.86. The zero-order valence-corrected chi connectivity index (χ0v) is 11.6. The van der Waals surface area contributed by atoms with E-state index in [1.165, 1.54) is 30.5 Å². The Morgan fingerprint density at radius 3 is 2.62 bits per heavy atom. The highest BCUT2D eigenvalue weighted by Crippen LogP contribution is 2.27. The largest absolute Gasteiger partial charge is 0.356 e. The van der Waals surface area contributed by atoms with Gasteiger partial charge in [-0.2, -0.15) is 0 Å². The standard InChI is InChI=1S/C12H13F2N3O3S/c13-12(14,7-15)8-17-21(18,19)11-4-2-1-3-9(11)10-5-6-16-20-10/h1-6,17H,7-8,15H2. The lowest BCUT2D eigenvalue weighted by Crippen LogP contribution is -2.41. The number of benzene rings is 1. The first kappa shape index (κ1) is 15.5. The zero-order valence-electron chi connectivity index (χ0n) is 10.8. The van der Waals surface area contributed by atoms with E-state index in [4.69, 9.17) is 10.3 Å². The van der Waals surface area contributed by atoms with Crippen molar-refractivity contribution in [1.29, 1.82) is 0 Å². The van der Waals surface area contributed by atoms with E-state index in [1.807, 2.05) is 4.72 Å². The van der Waals surface area contributed by atoms with Crippen molar-refractivity contribution in [2.24, 2.45) is 5.73 Å². The summed E-state index contributed by atoms with van der Waals surface area (Å²) in [4.78, 5) is -0.172. The number of sulfonamides is 1. The first-order valence-corrected chi connectivity index (χ1v) is 7.42. The predicted molar refractivity (Wildman–Crippen MR) is 71.1 cm³/mol. The van der Waals surface area contributed by atoms with Crippen LogP contribution in [0.15, 0.2) is 45.9 Å². The van der Waals surface area contributed by atoms with Crippen molar-refractivity contribution >= 4 is 10.0 Å². The van der Waals surface area contributed by atoms with E-state index in [1.54, 1.807) is 6.07 Å². The molecular formula is C12H13F2N3O3S. The Kier molecular flexibility index (Phi) is 4.35. The van der Waals surface area contributed by atoms with E-state index in [2.05, 4.69) is 5.16 Å². The molecule has 3 N–H and O–H groups in total. The van der Waals surface area contributed by atoms with Crippen LogP contribution >= 0.6 is 0 Å². The van der Waals surface area contributed by atoms with Crippen LogP contribution in [-0.2, 0) is 10.0 Å². The number of nitrogens with two attached hydrogens (primary N) is 1. The SMILES string of the molecule is NCC(F)(F)CNS(=O)(=O)c1ccccc1-c1ccno1. The van der Waals surface area contributed by atoms with Crippen molar-refractivity contribution in [3.63, 3.8) is 0 Å². The molecule has 2 aromatic rings. The molecule has 0 spiro atoms. The molecule has 0 aliphatic rings. The van der Waals surface area contributed by atoms with Gasteiger partial charge in [0.05, 0.1) is 24.2 Å². The van der Waals surface area contributed by atoms with Crippen LogP contribution in [-0.4, -0.2) is 32.6 Å². The minimum atomic E-state index is -4.13. The van der Waals surface area contributed by atoms with Gasteiger partial charge in [0.15, 0.2) is 5.76 Å². The van der Waals surface area contributed by atoms with Crippen LogP contribution in [0.2, 0.25) is 0 Å². The van der Waals surface area contributed by atoms with Gasteiger partial charge >= 0.3 is 0 Å². The minimum Gasteiger partial charge on any atom is -0.356 e. The van der Waals surface area contributed by atoms with Crippen LogP contribution in [0.5, 0.6) is 0 Å². The fraction of sp³-hybridized carbons (Fsp3) is 0.250. The number of hydrogen-bond acceptors (Lipinski definition) is 5. The van der Waals surface area contributed by atoms with Crippen LogP contribution in [0.25, 0.3) is 11.3 Å². The highest BCUT2D eigenvalue weighted by Gasteiger charge is 2.30. The third kappa shape index (κ3) is 3.63. The van der Waals surface area contributed by atoms with Gasteiger partial charge in [0, 0.05) is 11.6 Å². The Morgan fingerprint density at radius 2 is 2.00 bits per heavy atom. The maximum absolute atomic E-state index is 13.1. The summed E-state index contributed by atoms with van der Waals surface area (Å²) in [5.41, 5.74) is 5.11. The molecule has 0 aliphatic heterocycles. The summed E-state index contributed by atoms with van der Waals surface area (Å²) in [6.07, 6.45) is 1.36. The molecular weight excluding hydrogens is 304 g/mol. The summed E-state index contributed by atoms with van der Waals surface area (Å²) in [5.74, 6) is -3.09. The Bertz CT molecular complexity index is 702. The van der Waals surface area contributed by atoms with Crippen molar-refractivity contribution in [3.05, 3.63) is 36.5 Å². The lowest BCUT2D eigenvalue weighted by Gasteiger charge is -2.15. The van der Waals surface area contributed by atoms with Crippen LogP contribution in [0, 0.1) is 0 Å². The van der Waals surface area contributed by atoms with Crippen molar-refractivity contribution < 1.29 is 21.7 Å². The summed E-state index contributed by atoms with van der Waals surface area (Å²) in [6, 6.07) is 7.35. The Hall–Kier alpha value is -1.84. The maximum atomic E-state index is 13.1. The van der Waals surface area contributed by atoms with Crippen molar-refractivity contribution in [2.75, 3.05) is 13.1 Å². The third-order valence-electron chi connectivity index (χ3n) is 2.70. The lowest BCUT2D eigenvalue weighted by molar-refractivity contribution is 0.0170. The highest BCUT2D eigenvalue weighted by molar-refractivity contribution is 7.89. The van der Waals surface area contributed by atoms with E-state index < -0.39 is 29.0 Å². The molecule has 1 heterocycles. The molecule has 0 unspecified atom stereocenters. The highest BCUT2D eigenvalue weighted by atomic mass is 32.2. The summed E-state index contributed by atoms with van der Waals surface area (Å²) < 4.78 is 57.3. The number of nitrogens with one attached hydrogen (secondary N) is 1. The number of aromatic nitrogens is 1. The Balaban J connectivity index is 2.33.